The molecule has 2 fully saturated rings. The monoisotopic (exact) mass is 265 g/mol. The highest BCUT2D eigenvalue weighted by Gasteiger charge is 2.60. The number of hydrogen-bond acceptors (Lipinski definition) is 3. The van der Waals surface area contributed by atoms with Crippen LogP contribution in [0.4, 0.5) is 0 Å². The van der Waals surface area contributed by atoms with Gasteiger partial charge in [-0.05, 0) is 6.92 Å². The van der Waals surface area contributed by atoms with Gasteiger partial charge in [0, 0.05) is 0 Å². The Bertz CT molecular complexity index is 428. The van der Waals surface area contributed by atoms with E-state index in [0.717, 1.165) is 17.6 Å². The Morgan fingerprint density at radius 2 is 1.68 bits per heavy atom. The van der Waals surface area contributed by atoms with E-state index in [-0.39, 0.29) is 35.9 Å². The van der Waals surface area contributed by atoms with Gasteiger partial charge in [0.05, 0.1) is 57.8 Å². The molecule has 0 N–H and O–H groups in total. The maximum atomic E-state index is 12.4. The molecular formula is C14H21N2O3+. The number of rotatable bonds is 4. The number of fused-ring (bicyclic) bond motifs is 5. The summed E-state index contributed by atoms with van der Waals surface area (Å²) < 4.78 is 6.43. The Morgan fingerprint density at radius 1 is 1.16 bits per heavy atom. The van der Waals surface area contributed by atoms with Gasteiger partial charge in [-0.25, -0.2) is 0 Å². The van der Waals surface area contributed by atoms with E-state index in [1.165, 1.54) is 4.90 Å². The van der Waals surface area contributed by atoms with E-state index in [1.54, 1.807) is 0 Å². The van der Waals surface area contributed by atoms with E-state index in [0.29, 0.717) is 6.54 Å². The number of nitrogens with zero attached hydrogens (tertiary/aromatic N) is 2. The molecule has 0 spiro atoms. The smallest absolute Gasteiger partial charge is 0.236 e. The molecule has 0 aromatic rings. The maximum Gasteiger partial charge on any atom is 0.236 e. The summed E-state index contributed by atoms with van der Waals surface area (Å²) in [5.74, 6) is -0.606. The molecule has 2 amide bonds. The Kier molecular flexibility index (Phi) is 2.80. The lowest BCUT2D eigenvalue weighted by atomic mass is 9.85. The molecule has 3 aliphatic rings. The van der Waals surface area contributed by atoms with Gasteiger partial charge in [0.2, 0.25) is 11.8 Å². The van der Waals surface area contributed by atoms with Crippen molar-refractivity contribution in [3.63, 3.8) is 0 Å². The molecule has 104 valence electrons. The molecule has 5 heteroatoms. The molecule has 0 aromatic carbocycles. The molecule has 5 nitrogen and oxygen atoms in total. The zero-order valence-electron chi connectivity index (χ0n) is 11.7. The molecule has 4 atom stereocenters. The van der Waals surface area contributed by atoms with Crippen LogP contribution in [0.3, 0.4) is 0 Å². The molecule has 0 unspecified atom stereocenters. The molecule has 2 bridgehead atoms. The number of carbonyl (C=O) groups is 2. The van der Waals surface area contributed by atoms with Crippen LogP contribution in [0.1, 0.15) is 6.92 Å². The van der Waals surface area contributed by atoms with Crippen LogP contribution in [0.2, 0.25) is 0 Å². The zero-order chi connectivity index (χ0) is 13.8. The first kappa shape index (κ1) is 12.8. The van der Waals surface area contributed by atoms with Crippen molar-refractivity contribution in [2.45, 2.75) is 19.1 Å². The SMILES string of the molecule is CC[N+](C)(C)CCN1C(=O)[C@@H]2[C@H](C1=O)[C@H]1C=C[C@@H]2O1. The molecule has 3 heterocycles. The first-order valence-corrected chi connectivity index (χ1v) is 6.95. The third-order valence-corrected chi connectivity index (χ3v) is 4.79. The molecule has 0 aliphatic carbocycles. The van der Waals surface area contributed by atoms with E-state index < -0.39 is 0 Å². The van der Waals surface area contributed by atoms with E-state index in [2.05, 4.69) is 21.0 Å². The predicted octanol–water partition coefficient (Wildman–Crippen LogP) is 0.0211. The van der Waals surface area contributed by atoms with E-state index in [1.807, 2.05) is 12.2 Å². The van der Waals surface area contributed by atoms with Crippen molar-refractivity contribution in [2.24, 2.45) is 11.8 Å². The first-order valence-electron chi connectivity index (χ1n) is 6.95. The van der Waals surface area contributed by atoms with Crippen molar-refractivity contribution in [1.29, 1.82) is 0 Å². The molecule has 0 radical (unpaired) electrons. The van der Waals surface area contributed by atoms with E-state index in [4.69, 9.17) is 4.74 Å². The fourth-order valence-electron chi connectivity index (χ4n) is 3.11. The summed E-state index contributed by atoms with van der Waals surface area (Å²) in [5, 5.41) is 0. The van der Waals surface area contributed by atoms with Crippen molar-refractivity contribution in [2.75, 3.05) is 33.7 Å². The molecule has 0 aromatic heterocycles. The van der Waals surface area contributed by atoms with Crippen LogP contribution in [-0.2, 0) is 14.3 Å². The predicted molar refractivity (Wildman–Crippen MR) is 69.0 cm³/mol. The molecule has 2 saturated heterocycles. The summed E-state index contributed by atoms with van der Waals surface area (Å²) in [6, 6.07) is 0. The second-order valence-electron chi connectivity index (χ2n) is 6.31. The van der Waals surface area contributed by atoms with Gasteiger partial charge >= 0.3 is 0 Å². The van der Waals surface area contributed by atoms with Crippen molar-refractivity contribution >= 4 is 11.8 Å². The number of likely N-dealkylation sites (N-methyl/N-ethyl adjacent to an activating group) is 1. The van der Waals surface area contributed by atoms with E-state index in [9.17, 15) is 9.59 Å². The average Bonchev–Trinajstić information content (AvgIpc) is 3.03. The third-order valence-electron chi connectivity index (χ3n) is 4.79. The Hall–Kier alpha value is -1.20. The summed E-state index contributed by atoms with van der Waals surface area (Å²) in [7, 11) is 4.22. The van der Waals surface area contributed by atoms with Gasteiger partial charge < -0.3 is 9.22 Å². The van der Waals surface area contributed by atoms with Crippen LogP contribution in [0, 0.1) is 11.8 Å². The Morgan fingerprint density at radius 3 is 2.16 bits per heavy atom. The first-order chi connectivity index (χ1) is 8.94. The summed E-state index contributed by atoms with van der Waals surface area (Å²) >= 11 is 0. The summed E-state index contributed by atoms with van der Waals surface area (Å²) in [6.07, 6.45) is 3.49. The number of amides is 2. The molecule has 3 rings (SSSR count). The van der Waals surface area contributed by atoms with Gasteiger partial charge in [-0.2, -0.15) is 0 Å². The topological polar surface area (TPSA) is 46.6 Å². The Balaban J connectivity index is 1.72. The fourth-order valence-corrected chi connectivity index (χ4v) is 3.11. The van der Waals surface area contributed by atoms with Crippen LogP contribution in [-0.4, -0.2) is 67.1 Å². The van der Waals surface area contributed by atoms with Crippen molar-refractivity contribution in [3.05, 3.63) is 12.2 Å². The molecule has 3 aliphatic heterocycles. The summed E-state index contributed by atoms with van der Waals surface area (Å²) in [5.41, 5.74) is 0. The highest BCUT2D eigenvalue weighted by atomic mass is 16.5. The van der Waals surface area contributed by atoms with Crippen LogP contribution < -0.4 is 0 Å². The zero-order valence-corrected chi connectivity index (χ0v) is 11.7. The number of ether oxygens (including phenoxy) is 1. The number of likely N-dealkylation sites (tertiary alicyclic amines) is 1. The van der Waals surface area contributed by atoms with Gasteiger partial charge in [-0.15, -0.1) is 0 Å². The normalized spacial score (nSPS) is 36.5. The standard InChI is InChI=1S/C14H21N2O3/c1-4-16(2,3)8-7-15-13(17)11-9-5-6-10(19-9)12(11)14(15)18/h5-6,9-12H,4,7-8H2,1-3H3/q+1/t9-,10+,11-,12+. The number of carbonyl (C=O) groups excluding carboxylic acids is 2. The van der Waals surface area contributed by atoms with Gasteiger partial charge in [0.15, 0.2) is 0 Å². The van der Waals surface area contributed by atoms with Crippen molar-refractivity contribution < 1.29 is 18.8 Å². The van der Waals surface area contributed by atoms with Crippen LogP contribution in [0.5, 0.6) is 0 Å². The fraction of sp³-hybridized carbons (Fsp3) is 0.714. The van der Waals surface area contributed by atoms with Gasteiger partial charge in [0.1, 0.15) is 0 Å². The van der Waals surface area contributed by atoms with Gasteiger partial charge in [-0.1, -0.05) is 12.2 Å². The number of hydrogen-bond donors (Lipinski definition) is 0. The lowest BCUT2D eigenvalue weighted by Gasteiger charge is -2.30. The molecular weight excluding hydrogens is 244 g/mol. The van der Waals surface area contributed by atoms with Gasteiger partial charge in [-0.3, -0.25) is 14.5 Å². The van der Waals surface area contributed by atoms with Gasteiger partial charge in [0.25, 0.3) is 0 Å². The third kappa shape index (κ3) is 1.83. The average molecular weight is 265 g/mol. The highest BCUT2D eigenvalue weighted by molar-refractivity contribution is 6.06. The lowest BCUT2D eigenvalue weighted by Crippen LogP contribution is -2.47. The summed E-state index contributed by atoms with van der Waals surface area (Å²) in [4.78, 5) is 26.2. The second kappa shape index (κ2) is 4.15. The van der Waals surface area contributed by atoms with E-state index >= 15 is 0 Å². The molecule has 0 saturated carbocycles. The van der Waals surface area contributed by atoms with Crippen molar-refractivity contribution in [1.82, 2.24) is 4.90 Å². The molecule has 19 heavy (non-hydrogen) atoms. The second-order valence-corrected chi connectivity index (χ2v) is 6.31. The minimum atomic E-state index is -0.264. The van der Waals surface area contributed by atoms with Crippen molar-refractivity contribution in [3.8, 4) is 0 Å². The number of imide groups is 1. The minimum Gasteiger partial charge on any atom is -0.365 e. The van der Waals surface area contributed by atoms with Crippen LogP contribution in [0.25, 0.3) is 0 Å². The maximum absolute atomic E-state index is 12.4. The highest BCUT2D eigenvalue weighted by Crippen LogP contribution is 2.44. The van der Waals surface area contributed by atoms with Crippen LogP contribution >= 0.6 is 0 Å². The van der Waals surface area contributed by atoms with Crippen LogP contribution in [0.15, 0.2) is 12.2 Å². The lowest BCUT2D eigenvalue weighted by molar-refractivity contribution is -0.887. The largest absolute Gasteiger partial charge is 0.365 e. The quantitative estimate of drug-likeness (QED) is 0.409. The Labute approximate surface area is 113 Å². The number of quaternary nitrogens is 1. The summed E-state index contributed by atoms with van der Waals surface area (Å²) in [6.45, 7) is 4.42. The minimum absolute atomic E-state index is 0.0389.